The van der Waals surface area contributed by atoms with E-state index in [0.717, 1.165) is 19.4 Å². The fourth-order valence-corrected chi connectivity index (χ4v) is 2.79. The van der Waals surface area contributed by atoms with Gasteiger partial charge in [0.15, 0.2) is 0 Å². The first-order chi connectivity index (χ1) is 8.55. The molecule has 2 rings (SSSR count). The summed E-state index contributed by atoms with van der Waals surface area (Å²) < 4.78 is 0. The second kappa shape index (κ2) is 5.27. The number of hydrogen-bond donors (Lipinski definition) is 1. The van der Waals surface area contributed by atoms with Crippen molar-refractivity contribution in [2.45, 2.75) is 57.5 Å². The van der Waals surface area contributed by atoms with Crippen LogP contribution in [0.2, 0.25) is 0 Å². The van der Waals surface area contributed by atoms with Crippen LogP contribution in [0, 0.1) is 17.2 Å². The normalized spacial score (nSPS) is 28.2. The van der Waals surface area contributed by atoms with Gasteiger partial charge >= 0.3 is 0 Å². The van der Waals surface area contributed by atoms with E-state index < -0.39 is 5.54 Å². The zero-order valence-corrected chi connectivity index (χ0v) is 11.4. The van der Waals surface area contributed by atoms with Crippen LogP contribution in [-0.2, 0) is 4.79 Å². The summed E-state index contributed by atoms with van der Waals surface area (Å²) in [7, 11) is 0. The van der Waals surface area contributed by atoms with E-state index in [2.05, 4.69) is 23.2 Å². The maximum atomic E-state index is 12.1. The summed E-state index contributed by atoms with van der Waals surface area (Å²) in [6, 6.07) is 2.75. The lowest BCUT2D eigenvalue weighted by Gasteiger charge is -2.33. The van der Waals surface area contributed by atoms with Crippen LogP contribution >= 0.6 is 0 Å². The fourth-order valence-electron chi connectivity index (χ4n) is 2.79. The van der Waals surface area contributed by atoms with Crippen LogP contribution in [0.1, 0.15) is 46.0 Å². The molecule has 1 N–H and O–H groups in total. The Kier molecular flexibility index (Phi) is 3.91. The number of nitriles is 1. The molecule has 1 aliphatic carbocycles. The molecule has 2 atom stereocenters. The van der Waals surface area contributed by atoms with Gasteiger partial charge in [0.2, 0.25) is 5.91 Å². The van der Waals surface area contributed by atoms with Crippen molar-refractivity contribution in [1.29, 1.82) is 5.26 Å². The molecule has 0 radical (unpaired) electrons. The Labute approximate surface area is 109 Å². The highest BCUT2D eigenvalue weighted by atomic mass is 16.2. The Balaban J connectivity index is 1.86. The Hall–Kier alpha value is -1.08. The van der Waals surface area contributed by atoms with E-state index in [-0.39, 0.29) is 5.91 Å². The van der Waals surface area contributed by atoms with Gasteiger partial charge in [-0.15, -0.1) is 0 Å². The molecule has 100 valence electrons. The lowest BCUT2D eigenvalue weighted by molar-refractivity contribution is -0.124. The molecule has 1 heterocycles. The lowest BCUT2D eigenvalue weighted by atomic mass is 9.97. The minimum absolute atomic E-state index is 0.000278. The van der Waals surface area contributed by atoms with Gasteiger partial charge in [-0.25, -0.2) is 0 Å². The van der Waals surface area contributed by atoms with Gasteiger partial charge < -0.3 is 5.32 Å². The predicted molar refractivity (Wildman–Crippen MR) is 69.8 cm³/mol. The van der Waals surface area contributed by atoms with Crippen molar-refractivity contribution in [3.63, 3.8) is 0 Å². The van der Waals surface area contributed by atoms with E-state index in [1.807, 2.05) is 6.92 Å². The Morgan fingerprint density at radius 1 is 1.44 bits per heavy atom. The van der Waals surface area contributed by atoms with Crippen LogP contribution in [0.15, 0.2) is 0 Å². The molecule has 0 bridgehead atoms. The van der Waals surface area contributed by atoms with E-state index in [0.29, 0.717) is 18.5 Å². The van der Waals surface area contributed by atoms with Crippen LogP contribution < -0.4 is 5.32 Å². The number of carbonyl (C=O) groups is 1. The quantitative estimate of drug-likeness (QED) is 0.824. The molecule has 18 heavy (non-hydrogen) atoms. The van der Waals surface area contributed by atoms with Gasteiger partial charge in [-0.1, -0.05) is 6.42 Å². The number of nitrogens with one attached hydrogen (secondary N) is 1. The van der Waals surface area contributed by atoms with Gasteiger partial charge in [0.05, 0.1) is 12.6 Å². The largest absolute Gasteiger partial charge is 0.337 e. The van der Waals surface area contributed by atoms with Gasteiger partial charge in [0.1, 0.15) is 5.54 Å². The van der Waals surface area contributed by atoms with Crippen LogP contribution in [0.25, 0.3) is 0 Å². The number of carbonyl (C=O) groups excluding carboxylic acids is 1. The fraction of sp³-hybridized carbons (Fsp3) is 0.857. The van der Waals surface area contributed by atoms with Gasteiger partial charge in [-0.05, 0) is 52.0 Å². The minimum Gasteiger partial charge on any atom is -0.337 e. The highest BCUT2D eigenvalue weighted by molar-refractivity contribution is 5.79. The van der Waals surface area contributed by atoms with Crippen molar-refractivity contribution in [1.82, 2.24) is 10.2 Å². The Morgan fingerprint density at radius 3 is 2.72 bits per heavy atom. The van der Waals surface area contributed by atoms with Crippen molar-refractivity contribution in [3.05, 3.63) is 0 Å². The first-order valence-electron chi connectivity index (χ1n) is 7.01. The SMILES string of the molecule is C[C@@H]1CCCCN1CC(=O)N[C@](C)(C#N)C1CC1. The molecule has 0 aromatic rings. The molecule has 0 aromatic carbocycles. The van der Waals surface area contributed by atoms with Crippen molar-refractivity contribution < 1.29 is 4.79 Å². The van der Waals surface area contributed by atoms with Crippen LogP contribution in [0.3, 0.4) is 0 Å². The molecule has 2 aliphatic rings. The molecule has 4 heteroatoms. The molecular formula is C14H23N3O. The first kappa shape index (κ1) is 13.4. The monoisotopic (exact) mass is 249 g/mol. The average Bonchev–Trinajstić information content (AvgIpc) is 3.16. The molecule has 0 aromatic heterocycles. The van der Waals surface area contributed by atoms with E-state index in [9.17, 15) is 10.1 Å². The van der Waals surface area contributed by atoms with E-state index in [1.54, 1.807) is 0 Å². The molecule has 1 amide bonds. The van der Waals surface area contributed by atoms with E-state index in [1.165, 1.54) is 19.3 Å². The van der Waals surface area contributed by atoms with E-state index in [4.69, 9.17) is 0 Å². The summed E-state index contributed by atoms with van der Waals surface area (Å²) in [5.74, 6) is 0.352. The van der Waals surface area contributed by atoms with Gasteiger partial charge in [0.25, 0.3) is 0 Å². The summed E-state index contributed by atoms with van der Waals surface area (Å²) in [4.78, 5) is 14.3. The van der Waals surface area contributed by atoms with E-state index >= 15 is 0 Å². The van der Waals surface area contributed by atoms with Crippen molar-refractivity contribution in [2.75, 3.05) is 13.1 Å². The maximum Gasteiger partial charge on any atom is 0.235 e. The third-order valence-corrected chi connectivity index (χ3v) is 4.31. The second-order valence-electron chi connectivity index (χ2n) is 5.95. The summed E-state index contributed by atoms with van der Waals surface area (Å²) in [6.45, 7) is 5.46. The highest BCUT2D eigenvalue weighted by Gasteiger charge is 2.43. The van der Waals surface area contributed by atoms with Gasteiger partial charge in [-0.2, -0.15) is 5.26 Å². The maximum absolute atomic E-state index is 12.1. The highest BCUT2D eigenvalue weighted by Crippen LogP contribution is 2.39. The average molecular weight is 249 g/mol. The Morgan fingerprint density at radius 2 is 2.17 bits per heavy atom. The topological polar surface area (TPSA) is 56.1 Å². The third-order valence-electron chi connectivity index (χ3n) is 4.31. The van der Waals surface area contributed by atoms with Crippen LogP contribution in [0.4, 0.5) is 0 Å². The molecule has 1 saturated carbocycles. The molecule has 1 aliphatic heterocycles. The number of hydrogen-bond acceptors (Lipinski definition) is 3. The lowest BCUT2D eigenvalue weighted by Crippen LogP contribution is -2.52. The molecule has 0 spiro atoms. The Bertz CT molecular complexity index is 359. The van der Waals surface area contributed by atoms with Crippen LogP contribution in [-0.4, -0.2) is 35.5 Å². The van der Waals surface area contributed by atoms with Crippen molar-refractivity contribution in [2.24, 2.45) is 5.92 Å². The summed E-state index contributed by atoms with van der Waals surface area (Å²) in [5.41, 5.74) is -0.657. The molecule has 2 fully saturated rings. The summed E-state index contributed by atoms with van der Waals surface area (Å²) in [6.07, 6.45) is 5.73. The summed E-state index contributed by atoms with van der Waals surface area (Å²) >= 11 is 0. The third kappa shape index (κ3) is 3.02. The van der Waals surface area contributed by atoms with Gasteiger partial charge in [-0.3, -0.25) is 9.69 Å². The standard InChI is InChI=1S/C14H23N3O/c1-11-5-3-4-8-17(11)9-13(18)16-14(2,10-15)12-6-7-12/h11-12H,3-9H2,1-2H3,(H,16,18)/t11-,14-/m1/s1. The smallest absolute Gasteiger partial charge is 0.235 e. The molecular weight excluding hydrogens is 226 g/mol. The number of likely N-dealkylation sites (tertiary alicyclic amines) is 1. The zero-order chi connectivity index (χ0) is 13.2. The van der Waals surface area contributed by atoms with Gasteiger partial charge in [0, 0.05) is 6.04 Å². The van der Waals surface area contributed by atoms with Crippen molar-refractivity contribution in [3.8, 4) is 6.07 Å². The number of amides is 1. The first-order valence-corrected chi connectivity index (χ1v) is 7.01. The molecule has 4 nitrogen and oxygen atoms in total. The minimum atomic E-state index is -0.657. The number of rotatable bonds is 4. The molecule has 0 unspecified atom stereocenters. The molecule has 1 saturated heterocycles. The number of nitrogens with zero attached hydrogens (tertiary/aromatic N) is 2. The zero-order valence-electron chi connectivity index (χ0n) is 11.4. The summed E-state index contributed by atoms with van der Waals surface area (Å²) in [5, 5.41) is 12.2. The second-order valence-corrected chi connectivity index (χ2v) is 5.95. The van der Waals surface area contributed by atoms with Crippen LogP contribution in [0.5, 0.6) is 0 Å². The number of piperidine rings is 1. The van der Waals surface area contributed by atoms with Crippen molar-refractivity contribution >= 4 is 5.91 Å². The predicted octanol–water partition coefficient (Wildman–Crippen LogP) is 1.67.